The van der Waals surface area contributed by atoms with Crippen molar-refractivity contribution in [3.05, 3.63) is 48.5 Å². The zero-order valence-corrected chi connectivity index (χ0v) is 18.3. The second kappa shape index (κ2) is 11.3. The summed E-state index contributed by atoms with van der Waals surface area (Å²) in [4.78, 5) is 37.8. The zero-order valence-electron chi connectivity index (χ0n) is 18.3. The van der Waals surface area contributed by atoms with E-state index in [0.717, 1.165) is 18.8 Å². The quantitative estimate of drug-likeness (QED) is 0.502. The van der Waals surface area contributed by atoms with E-state index in [2.05, 4.69) is 26.2 Å². The van der Waals surface area contributed by atoms with E-state index in [1.165, 1.54) is 6.92 Å². The number of benzene rings is 2. The fourth-order valence-corrected chi connectivity index (χ4v) is 3.22. The van der Waals surface area contributed by atoms with Gasteiger partial charge in [-0.05, 0) is 55.5 Å². The monoisotopic (exact) mass is 439 g/mol. The van der Waals surface area contributed by atoms with Crippen molar-refractivity contribution in [2.24, 2.45) is 0 Å². The lowest BCUT2D eigenvalue weighted by Gasteiger charge is -2.25. The van der Waals surface area contributed by atoms with Crippen LogP contribution in [0.1, 0.15) is 13.8 Å². The first-order chi connectivity index (χ1) is 15.4. The van der Waals surface area contributed by atoms with Crippen molar-refractivity contribution in [1.29, 1.82) is 0 Å². The Balaban J connectivity index is 1.46. The van der Waals surface area contributed by atoms with Crippen LogP contribution in [-0.2, 0) is 19.1 Å². The summed E-state index contributed by atoms with van der Waals surface area (Å²) in [7, 11) is 0. The minimum absolute atomic E-state index is 0.0649. The van der Waals surface area contributed by atoms with Gasteiger partial charge >= 0.3 is 0 Å². The molecule has 2 aromatic rings. The number of nitrogens with one attached hydrogen (secondary N) is 4. The number of hydrogen-bond acceptors (Lipinski definition) is 6. The predicted molar refractivity (Wildman–Crippen MR) is 125 cm³/mol. The Labute approximate surface area is 187 Å². The SMILES string of the molecule is CC(=O)Nc1ccc(NC(=O)C(C)Nc2ccc(NC(=O)CN3CCOCC3)cc2)cc1. The third-order valence-corrected chi connectivity index (χ3v) is 4.89. The maximum Gasteiger partial charge on any atom is 0.246 e. The third-order valence-electron chi connectivity index (χ3n) is 4.89. The molecule has 0 bridgehead atoms. The van der Waals surface area contributed by atoms with Crippen LogP contribution < -0.4 is 21.3 Å². The second-order valence-electron chi connectivity index (χ2n) is 7.63. The summed E-state index contributed by atoms with van der Waals surface area (Å²) < 4.78 is 5.29. The Hall–Kier alpha value is -3.43. The number of hydrogen-bond donors (Lipinski definition) is 4. The van der Waals surface area contributed by atoms with Crippen LogP contribution in [0.4, 0.5) is 22.7 Å². The minimum Gasteiger partial charge on any atom is -0.379 e. The lowest BCUT2D eigenvalue weighted by atomic mass is 10.2. The van der Waals surface area contributed by atoms with Gasteiger partial charge in [-0.25, -0.2) is 0 Å². The van der Waals surface area contributed by atoms with E-state index in [4.69, 9.17) is 4.74 Å². The Morgan fingerprint density at radius 3 is 1.91 bits per heavy atom. The van der Waals surface area contributed by atoms with Gasteiger partial charge in [0, 0.05) is 42.8 Å². The van der Waals surface area contributed by atoms with Gasteiger partial charge in [-0.15, -0.1) is 0 Å². The highest BCUT2D eigenvalue weighted by molar-refractivity contribution is 5.97. The van der Waals surface area contributed by atoms with Gasteiger partial charge in [0.2, 0.25) is 17.7 Å². The lowest BCUT2D eigenvalue weighted by molar-refractivity contribution is -0.118. The Morgan fingerprint density at radius 1 is 0.844 bits per heavy atom. The second-order valence-corrected chi connectivity index (χ2v) is 7.63. The maximum absolute atomic E-state index is 12.5. The van der Waals surface area contributed by atoms with Gasteiger partial charge in [0.25, 0.3) is 0 Å². The predicted octanol–water partition coefficient (Wildman–Crippen LogP) is 2.35. The number of morpholine rings is 1. The van der Waals surface area contributed by atoms with Crippen molar-refractivity contribution in [2.75, 3.05) is 54.1 Å². The highest BCUT2D eigenvalue weighted by Crippen LogP contribution is 2.17. The van der Waals surface area contributed by atoms with Crippen LogP contribution in [0.15, 0.2) is 48.5 Å². The summed E-state index contributed by atoms with van der Waals surface area (Å²) in [6.07, 6.45) is 0. The van der Waals surface area contributed by atoms with Crippen LogP contribution >= 0.6 is 0 Å². The molecule has 9 heteroatoms. The van der Waals surface area contributed by atoms with E-state index in [0.29, 0.717) is 36.8 Å². The number of ether oxygens (including phenoxy) is 1. The molecule has 32 heavy (non-hydrogen) atoms. The van der Waals surface area contributed by atoms with Crippen molar-refractivity contribution < 1.29 is 19.1 Å². The number of amides is 3. The number of carbonyl (C=O) groups is 3. The molecule has 1 aliphatic rings. The smallest absolute Gasteiger partial charge is 0.246 e. The van der Waals surface area contributed by atoms with Crippen LogP contribution in [-0.4, -0.2) is 61.5 Å². The zero-order chi connectivity index (χ0) is 22.9. The van der Waals surface area contributed by atoms with E-state index in [9.17, 15) is 14.4 Å². The largest absolute Gasteiger partial charge is 0.379 e. The van der Waals surface area contributed by atoms with Gasteiger partial charge in [-0.3, -0.25) is 19.3 Å². The maximum atomic E-state index is 12.5. The molecule has 1 heterocycles. The molecule has 1 fully saturated rings. The molecule has 1 unspecified atom stereocenters. The lowest BCUT2D eigenvalue weighted by Crippen LogP contribution is -2.41. The van der Waals surface area contributed by atoms with Gasteiger partial charge in [0.05, 0.1) is 19.8 Å². The van der Waals surface area contributed by atoms with Crippen LogP contribution in [0, 0.1) is 0 Å². The molecule has 4 N–H and O–H groups in total. The van der Waals surface area contributed by atoms with E-state index in [1.807, 2.05) is 12.1 Å². The molecule has 170 valence electrons. The summed E-state index contributed by atoms with van der Waals surface area (Å²) in [6.45, 7) is 6.37. The average Bonchev–Trinajstić information content (AvgIpc) is 2.76. The van der Waals surface area contributed by atoms with Gasteiger partial charge in [0.15, 0.2) is 0 Å². The molecule has 0 aromatic heterocycles. The molecule has 1 atom stereocenters. The average molecular weight is 440 g/mol. The molecule has 2 aromatic carbocycles. The Bertz CT molecular complexity index is 924. The highest BCUT2D eigenvalue weighted by atomic mass is 16.5. The van der Waals surface area contributed by atoms with Crippen molar-refractivity contribution in [3.8, 4) is 0 Å². The summed E-state index contributed by atoms with van der Waals surface area (Å²) in [5.41, 5.74) is 2.76. The van der Waals surface area contributed by atoms with Gasteiger partial charge in [0.1, 0.15) is 6.04 Å². The first-order valence-electron chi connectivity index (χ1n) is 10.5. The number of rotatable bonds is 8. The normalized spacial score (nSPS) is 14.8. The fourth-order valence-electron chi connectivity index (χ4n) is 3.22. The van der Waals surface area contributed by atoms with Gasteiger partial charge in [-0.1, -0.05) is 0 Å². The first-order valence-corrected chi connectivity index (χ1v) is 10.5. The summed E-state index contributed by atoms with van der Waals surface area (Å²) in [6, 6.07) is 13.6. The van der Waals surface area contributed by atoms with Gasteiger partial charge < -0.3 is 26.0 Å². The fraction of sp³-hybridized carbons (Fsp3) is 0.348. The van der Waals surface area contributed by atoms with E-state index in [-0.39, 0.29) is 17.7 Å². The van der Waals surface area contributed by atoms with Crippen LogP contribution in [0.3, 0.4) is 0 Å². The summed E-state index contributed by atoms with van der Waals surface area (Å²) in [5, 5.41) is 11.5. The molecule has 0 saturated carbocycles. The topological polar surface area (TPSA) is 112 Å². The van der Waals surface area contributed by atoms with E-state index >= 15 is 0 Å². The van der Waals surface area contributed by atoms with Crippen molar-refractivity contribution in [3.63, 3.8) is 0 Å². The van der Waals surface area contributed by atoms with E-state index < -0.39 is 6.04 Å². The van der Waals surface area contributed by atoms with Crippen molar-refractivity contribution >= 4 is 40.5 Å². The molecule has 1 aliphatic heterocycles. The molecule has 3 rings (SSSR count). The summed E-state index contributed by atoms with van der Waals surface area (Å²) >= 11 is 0. The molecular weight excluding hydrogens is 410 g/mol. The molecule has 0 radical (unpaired) electrons. The summed E-state index contributed by atoms with van der Waals surface area (Å²) in [5.74, 6) is -0.410. The standard InChI is InChI=1S/C23H29N5O4/c1-16(23(31)27-21-9-5-19(6-10-21)25-17(2)29)24-18-3-7-20(8-4-18)26-22(30)15-28-11-13-32-14-12-28/h3-10,16,24H,11-15H2,1-2H3,(H,25,29)(H,26,30)(H,27,31). The molecular formula is C23H29N5O4. The minimum atomic E-state index is -0.480. The van der Waals surface area contributed by atoms with Crippen LogP contribution in [0.25, 0.3) is 0 Å². The number of carbonyl (C=O) groups excluding carboxylic acids is 3. The Morgan fingerprint density at radius 2 is 1.34 bits per heavy atom. The molecule has 1 saturated heterocycles. The molecule has 0 spiro atoms. The van der Waals surface area contributed by atoms with Crippen molar-refractivity contribution in [1.82, 2.24) is 4.90 Å². The van der Waals surface area contributed by atoms with Crippen LogP contribution in [0.2, 0.25) is 0 Å². The molecule has 0 aliphatic carbocycles. The van der Waals surface area contributed by atoms with Crippen LogP contribution in [0.5, 0.6) is 0 Å². The molecule has 9 nitrogen and oxygen atoms in total. The third kappa shape index (κ3) is 7.36. The van der Waals surface area contributed by atoms with E-state index in [1.54, 1.807) is 43.3 Å². The van der Waals surface area contributed by atoms with Crippen molar-refractivity contribution in [2.45, 2.75) is 19.9 Å². The Kier molecular flexibility index (Phi) is 8.18. The van der Waals surface area contributed by atoms with Gasteiger partial charge in [-0.2, -0.15) is 0 Å². The number of anilines is 4. The molecule has 3 amide bonds. The first kappa shape index (κ1) is 23.2. The number of nitrogens with zero attached hydrogens (tertiary/aromatic N) is 1. The highest BCUT2D eigenvalue weighted by Gasteiger charge is 2.15.